The van der Waals surface area contributed by atoms with Crippen LogP contribution in [-0.4, -0.2) is 34.2 Å². The summed E-state index contributed by atoms with van der Waals surface area (Å²) < 4.78 is 0. The lowest BCUT2D eigenvalue weighted by molar-refractivity contribution is -0.151. The molecule has 2 fully saturated rings. The van der Waals surface area contributed by atoms with Gasteiger partial charge in [-0.1, -0.05) is 32.4 Å². The maximum Gasteiger partial charge on any atom is 0.325 e. The zero-order valence-electron chi connectivity index (χ0n) is 19.1. The molecule has 8 heteroatoms. The van der Waals surface area contributed by atoms with E-state index in [9.17, 15) is 24.3 Å². The van der Waals surface area contributed by atoms with E-state index in [2.05, 4.69) is 5.32 Å². The van der Waals surface area contributed by atoms with Gasteiger partial charge in [-0.25, -0.2) is 4.90 Å². The lowest BCUT2D eigenvalue weighted by Crippen LogP contribution is -2.59. The number of carbonyl (C=O) groups excluding carboxylic acids is 3. The molecule has 2 aliphatic heterocycles. The number of carbonyl (C=O) groups is 4. The molecule has 0 aliphatic carbocycles. The number of imide groups is 1. The molecule has 4 rings (SSSR count). The molecule has 0 aromatic heterocycles. The Morgan fingerprint density at radius 1 is 1.12 bits per heavy atom. The molecule has 2 aromatic rings. The fourth-order valence-electron chi connectivity index (χ4n) is 5.27. The Morgan fingerprint density at radius 3 is 2.24 bits per heavy atom. The fourth-order valence-corrected chi connectivity index (χ4v) is 5.27. The van der Waals surface area contributed by atoms with E-state index in [1.807, 2.05) is 13.0 Å². The number of fused-ring (bicyclic) bond motifs is 1. The number of carboxylic acids is 1. The van der Waals surface area contributed by atoms with Crippen LogP contribution in [0.4, 0.5) is 5.69 Å². The molecule has 174 valence electrons. The van der Waals surface area contributed by atoms with Gasteiger partial charge in [-0.3, -0.25) is 24.5 Å². The topological polar surface area (TPSA) is 128 Å². The first-order valence-corrected chi connectivity index (χ1v) is 11.2. The molecule has 2 heterocycles. The van der Waals surface area contributed by atoms with Crippen molar-refractivity contribution in [3.8, 4) is 6.07 Å². The van der Waals surface area contributed by atoms with Crippen molar-refractivity contribution in [3.05, 3.63) is 65.2 Å². The highest BCUT2D eigenvalue weighted by molar-refractivity contribution is 6.24. The first-order chi connectivity index (χ1) is 16.2. The SMILES string of the molecule is CCC(C)C1(C(=O)O)NC(c2ccc(C#N)cc2)C2C(=O)N(c3ccc(C(C)=O)cc3)C(=O)C21. The van der Waals surface area contributed by atoms with Crippen LogP contribution in [0.2, 0.25) is 0 Å². The highest BCUT2D eigenvalue weighted by Crippen LogP contribution is 2.52. The summed E-state index contributed by atoms with van der Waals surface area (Å²) in [6.07, 6.45) is 0.484. The summed E-state index contributed by atoms with van der Waals surface area (Å²) in [5, 5.41) is 22.7. The third-order valence-electron chi connectivity index (χ3n) is 7.27. The molecular formula is C26H25N3O5. The van der Waals surface area contributed by atoms with Gasteiger partial charge < -0.3 is 5.11 Å². The molecule has 0 radical (unpaired) electrons. The predicted octanol–water partition coefficient (Wildman–Crippen LogP) is 3.08. The number of hydrogen-bond donors (Lipinski definition) is 2. The third kappa shape index (κ3) is 3.32. The van der Waals surface area contributed by atoms with Crippen molar-refractivity contribution in [1.82, 2.24) is 5.32 Å². The summed E-state index contributed by atoms with van der Waals surface area (Å²) in [4.78, 5) is 52.8. The van der Waals surface area contributed by atoms with E-state index in [-0.39, 0.29) is 5.78 Å². The molecule has 2 aliphatic rings. The van der Waals surface area contributed by atoms with Crippen LogP contribution in [0.25, 0.3) is 0 Å². The van der Waals surface area contributed by atoms with E-state index in [0.717, 1.165) is 4.90 Å². The molecule has 2 saturated heterocycles. The molecule has 5 atom stereocenters. The summed E-state index contributed by atoms with van der Waals surface area (Å²) in [5.74, 6) is -4.87. The smallest absolute Gasteiger partial charge is 0.325 e. The molecule has 5 unspecified atom stereocenters. The Morgan fingerprint density at radius 2 is 1.74 bits per heavy atom. The number of benzene rings is 2. The van der Waals surface area contributed by atoms with Gasteiger partial charge in [0.2, 0.25) is 11.8 Å². The minimum Gasteiger partial charge on any atom is -0.480 e. The summed E-state index contributed by atoms with van der Waals surface area (Å²) in [5.41, 5.74) is 0.177. The number of Topliss-reactive ketones (excluding diaryl/α,β-unsaturated/α-hetero) is 1. The number of nitrogens with zero attached hydrogens (tertiary/aromatic N) is 2. The number of ketones is 1. The lowest BCUT2D eigenvalue weighted by Gasteiger charge is -2.36. The maximum atomic E-state index is 13.7. The van der Waals surface area contributed by atoms with Crippen molar-refractivity contribution >= 4 is 29.3 Å². The molecule has 8 nitrogen and oxygen atoms in total. The van der Waals surface area contributed by atoms with Crippen molar-refractivity contribution in [2.45, 2.75) is 38.8 Å². The highest BCUT2D eigenvalue weighted by atomic mass is 16.4. The van der Waals surface area contributed by atoms with Crippen molar-refractivity contribution in [2.24, 2.45) is 17.8 Å². The standard InChI is InChI=1S/C26H25N3O5/c1-4-14(2)26(25(33)34)21-20(22(28-26)18-7-5-16(13-27)6-8-18)23(31)29(24(21)32)19-11-9-17(10-12-19)15(3)30/h5-12,14,20-22,28H,4H2,1-3H3,(H,33,34). The number of amides is 2. The third-order valence-corrected chi connectivity index (χ3v) is 7.27. The van der Waals surface area contributed by atoms with Crippen LogP contribution in [0, 0.1) is 29.1 Å². The van der Waals surface area contributed by atoms with Gasteiger partial charge in [-0.2, -0.15) is 5.26 Å². The summed E-state index contributed by atoms with van der Waals surface area (Å²) in [6.45, 7) is 5.04. The summed E-state index contributed by atoms with van der Waals surface area (Å²) >= 11 is 0. The van der Waals surface area contributed by atoms with Crippen LogP contribution >= 0.6 is 0 Å². The molecule has 0 saturated carbocycles. The Kier molecular flexibility index (Phi) is 5.84. The average Bonchev–Trinajstić information content (AvgIpc) is 3.33. The first kappa shape index (κ1) is 23.3. The molecule has 2 amide bonds. The Bertz CT molecular complexity index is 1210. The Labute approximate surface area is 197 Å². The first-order valence-electron chi connectivity index (χ1n) is 11.2. The van der Waals surface area contributed by atoms with Gasteiger partial charge >= 0.3 is 5.97 Å². The van der Waals surface area contributed by atoms with Gasteiger partial charge in [0.25, 0.3) is 0 Å². The number of nitrogens with one attached hydrogen (secondary N) is 1. The van der Waals surface area contributed by atoms with E-state index in [0.29, 0.717) is 28.8 Å². The average molecular weight is 460 g/mol. The monoisotopic (exact) mass is 459 g/mol. The molecular weight excluding hydrogens is 434 g/mol. The number of anilines is 1. The minimum atomic E-state index is -1.64. The van der Waals surface area contributed by atoms with Crippen LogP contribution in [0.15, 0.2) is 48.5 Å². The quantitative estimate of drug-likeness (QED) is 0.502. The van der Waals surface area contributed by atoms with E-state index in [4.69, 9.17) is 5.26 Å². The van der Waals surface area contributed by atoms with Crippen molar-refractivity contribution in [3.63, 3.8) is 0 Å². The number of hydrogen-bond acceptors (Lipinski definition) is 6. The van der Waals surface area contributed by atoms with Crippen molar-refractivity contribution in [1.29, 1.82) is 5.26 Å². The largest absolute Gasteiger partial charge is 0.480 e. The molecule has 34 heavy (non-hydrogen) atoms. The second-order valence-electron chi connectivity index (χ2n) is 8.96. The van der Waals surface area contributed by atoms with Crippen LogP contribution in [0.5, 0.6) is 0 Å². The minimum absolute atomic E-state index is 0.144. The number of rotatable bonds is 6. The Hall–Kier alpha value is -3.83. The number of carboxylic acid groups (broad SMARTS) is 1. The van der Waals surface area contributed by atoms with Crippen LogP contribution in [0.3, 0.4) is 0 Å². The second kappa shape index (κ2) is 8.50. The lowest BCUT2D eigenvalue weighted by atomic mass is 9.72. The highest BCUT2D eigenvalue weighted by Gasteiger charge is 2.70. The maximum absolute atomic E-state index is 13.7. The zero-order valence-corrected chi connectivity index (χ0v) is 19.1. The van der Waals surface area contributed by atoms with Gasteiger partial charge in [0.15, 0.2) is 5.78 Å². The second-order valence-corrected chi connectivity index (χ2v) is 8.96. The van der Waals surface area contributed by atoms with Crippen molar-refractivity contribution in [2.75, 3.05) is 4.90 Å². The summed E-state index contributed by atoms with van der Waals surface area (Å²) in [6, 6.07) is 14.1. The van der Waals surface area contributed by atoms with Crippen LogP contribution in [-0.2, 0) is 14.4 Å². The zero-order chi connectivity index (χ0) is 24.8. The molecule has 2 N–H and O–H groups in total. The predicted molar refractivity (Wildman–Crippen MR) is 123 cm³/mol. The van der Waals surface area contributed by atoms with E-state index < -0.39 is 47.1 Å². The van der Waals surface area contributed by atoms with Gasteiger partial charge in [0, 0.05) is 11.6 Å². The van der Waals surface area contributed by atoms with Crippen LogP contribution < -0.4 is 10.2 Å². The van der Waals surface area contributed by atoms with E-state index in [1.165, 1.54) is 19.1 Å². The number of nitriles is 1. The fraction of sp³-hybridized carbons (Fsp3) is 0.346. The number of aliphatic carboxylic acids is 1. The molecule has 0 bridgehead atoms. The Balaban J connectivity index is 1.85. The summed E-state index contributed by atoms with van der Waals surface area (Å²) in [7, 11) is 0. The van der Waals surface area contributed by atoms with Gasteiger partial charge in [-0.15, -0.1) is 0 Å². The normalized spacial score (nSPS) is 26.8. The van der Waals surface area contributed by atoms with Gasteiger partial charge in [0.1, 0.15) is 5.54 Å². The van der Waals surface area contributed by atoms with Crippen molar-refractivity contribution < 1.29 is 24.3 Å². The van der Waals surface area contributed by atoms with Gasteiger partial charge in [0.05, 0.1) is 29.2 Å². The van der Waals surface area contributed by atoms with Crippen LogP contribution in [0.1, 0.15) is 54.7 Å². The van der Waals surface area contributed by atoms with E-state index >= 15 is 0 Å². The molecule has 0 spiro atoms. The van der Waals surface area contributed by atoms with E-state index in [1.54, 1.807) is 43.3 Å². The van der Waals surface area contributed by atoms with Gasteiger partial charge in [-0.05, 0) is 54.8 Å². The molecule has 2 aromatic carbocycles.